The summed E-state index contributed by atoms with van der Waals surface area (Å²) in [6.45, 7) is 5.01. The third-order valence-corrected chi connectivity index (χ3v) is 13.6. The number of piperazine rings is 1. The van der Waals surface area contributed by atoms with Crippen molar-refractivity contribution in [1.29, 1.82) is 0 Å². The van der Waals surface area contributed by atoms with E-state index in [1.165, 1.54) is 25.8 Å². The number of rotatable bonds is 2. The Balaban J connectivity index is 1.32. The van der Waals surface area contributed by atoms with Crippen molar-refractivity contribution in [2.45, 2.75) is 74.8 Å². The SMILES string of the molecule is COc1cc2c(cc1O)CCN[C@]21CS[C@@H]2c3c(OC(C)=O)c(C)c4c(c3[C@H](COC1=O)N1C2[C@H]2c3c(cc(C)c(O)c3O)C[C@@H]([C@@H]1O)N2C)OCO4. The number of aryl methyl sites for hydroxylation is 1. The van der Waals surface area contributed by atoms with Crippen LogP contribution >= 0.6 is 11.8 Å². The number of carbonyl (C=O) groups excluding carboxylic acids is 2. The van der Waals surface area contributed by atoms with Crippen LogP contribution in [-0.2, 0) is 32.7 Å². The van der Waals surface area contributed by atoms with E-state index in [2.05, 4.69) is 10.2 Å². The fourth-order valence-electron chi connectivity index (χ4n) is 9.75. The van der Waals surface area contributed by atoms with Crippen LogP contribution < -0.4 is 24.3 Å². The van der Waals surface area contributed by atoms with Crippen molar-refractivity contribution in [2.75, 3.05) is 39.9 Å². The molecule has 0 saturated carbocycles. The molecule has 3 aromatic rings. The molecule has 0 radical (unpaired) electrons. The number of nitrogens with one attached hydrogen (secondary N) is 1. The smallest absolute Gasteiger partial charge is 0.331 e. The van der Waals surface area contributed by atoms with Gasteiger partial charge in [0, 0.05) is 47.5 Å². The monoisotopic (exact) mass is 747 g/mol. The highest BCUT2D eigenvalue weighted by molar-refractivity contribution is 7.99. The van der Waals surface area contributed by atoms with Gasteiger partial charge in [0.05, 0.1) is 30.5 Å². The minimum Gasteiger partial charge on any atom is -0.504 e. The largest absolute Gasteiger partial charge is 0.504 e. The summed E-state index contributed by atoms with van der Waals surface area (Å²) in [5.74, 6) is -0.0507. The first kappa shape index (κ1) is 34.4. The Morgan fingerprint density at radius 3 is 2.57 bits per heavy atom. The van der Waals surface area contributed by atoms with Crippen LogP contribution in [0.2, 0.25) is 0 Å². The fourth-order valence-corrected chi connectivity index (χ4v) is 11.4. The van der Waals surface area contributed by atoms with Crippen LogP contribution in [0.4, 0.5) is 0 Å². The van der Waals surface area contributed by atoms with Gasteiger partial charge in [-0.25, -0.2) is 4.79 Å². The van der Waals surface area contributed by atoms with Gasteiger partial charge < -0.3 is 44.1 Å². The number of phenols is 3. The van der Waals surface area contributed by atoms with E-state index in [1.54, 1.807) is 26.0 Å². The number of ether oxygens (including phenoxy) is 5. The second kappa shape index (κ2) is 12.0. The molecule has 7 atom stereocenters. The summed E-state index contributed by atoms with van der Waals surface area (Å²) in [5.41, 5.74) is 3.73. The van der Waals surface area contributed by atoms with Crippen molar-refractivity contribution in [3.05, 3.63) is 62.7 Å². The van der Waals surface area contributed by atoms with Crippen LogP contribution in [0.15, 0.2) is 18.2 Å². The highest BCUT2D eigenvalue weighted by Crippen LogP contribution is 2.64. The first-order chi connectivity index (χ1) is 25.4. The van der Waals surface area contributed by atoms with Crippen LogP contribution in [-0.4, -0.2) is 100 Å². The van der Waals surface area contributed by atoms with Crippen molar-refractivity contribution in [2.24, 2.45) is 0 Å². The van der Waals surface area contributed by atoms with Crippen molar-refractivity contribution in [3.8, 4) is 40.2 Å². The van der Waals surface area contributed by atoms with Gasteiger partial charge in [0.1, 0.15) is 18.6 Å². The van der Waals surface area contributed by atoms with Gasteiger partial charge in [-0.3, -0.25) is 19.9 Å². The highest BCUT2D eigenvalue weighted by Gasteiger charge is 2.61. The molecule has 280 valence electrons. The predicted octanol–water partition coefficient (Wildman–Crippen LogP) is 3.11. The van der Waals surface area contributed by atoms with Crippen LogP contribution in [0, 0.1) is 13.8 Å². The number of hydrogen-bond acceptors (Lipinski definition) is 15. The van der Waals surface area contributed by atoms with Crippen molar-refractivity contribution >= 4 is 23.7 Å². The second-order valence-corrected chi connectivity index (χ2v) is 15.9. The molecule has 0 amide bonds. The van der Waals surface area contributed by atoms with Crippen LogP contribution in [0.25, 0.3) is 0 Å². The topological polar surface area (TPSA) is 180 Å². The van der Waals surface area contributed by atoms with E-state index in [0.717, 1.165) is 11.1 Å². The molecular weight excluding hydrogens is 706 g/mol. The molecule has 2 fully saturated rings. The van der Waals surface area contributed by atoms with Gasteiger partial charge in [0.15, 0.2) is 40.0 Å². The number of carbonyl (C=O) groups is 2. The number of fused-ring (bicyclic) bond motifs is 9. The molecule has 0 aliphatic carbocycles. The molecule has 7 heterocycles. The molecule has 53 heavy (non-hydrogen) atoms. The van der Waals surface area contributed by atoms with Gasteiger partial charge in [-0.15, -0.1) is 11.8 Å². The molecule has 3 aromatic carbocycles. The van der Waals surface area contributed by atoms with E-state index in [-0.39, 0.29) is 42.2 Å². The number of likely N-dealkylation sites (N-methyl/N-ethyl adjacent to an activating group) is 1. The third kappa shape index (κ3) is 4.67. The Morgan fingerprint density at radius 1 is 1.04 bits per heavy atom. The average molecular weight is 748 g/mol. The summed E-state index contributed by atoms with van der Waals surface area (Å²) in [6, 6.07) is 2.74. The average Bonchev–Trinajstić information content (AvgIpc) is 3.62. The lowest BCUT2D eigenvalue weighted by molar-refractivity contribution is -0.186. The number of thioether (sulfide) groups is 1. The van der Waals surface area contributed by atoms with E-state index in [1.807, 2.05) is 18.0 Å². The summed E-state index contributed by atoms with van der Waals surface area (Å²) >= 11 is 1.43. The van der Waals surface area contributed by atoms with Crippen LogP contribution in [0.1, 0.15) is 68.8 Å². The maximum Gasteiger partial charge on any atom is 0.331 e. The van der Waals surface area contributed by atoms with E-state index < -0.39 is 53.1 Å². The Labute approximate surface area is 309 Å². The first-order valence-electron chi connectivity index (χ1n) is 17.7. The summed E-state index contributed by atoms with van der Waals surface area (Å²) in [6.07, 6.45) is -0.131. The molecule has 5 N–H and O–H groups in total. The number of phenolic OH excluding ortho intramolecular Hbond substituents is 3. The fraction of sp³-hybridized carbons (Fsp3) is 0.474. The molecule has 14 nitrogen and oxygen atoms in total. The summed E-state index contributed by atoms with van der Waals surface area (Å²) in [5, 5.41) is 48.8. The van der Waals surface area contributed by atoms with E-state index in [0.29, 0.717) is 70.0 Å². The Bertz CT molecular complexity index is 2110. The number of aliphatic hydroxyl groups excluding tert-OH is 1. The van der Waals surface area contributed by atoms with Gasteiger partial charge >= 0.3 is 11.9 Å². The molecule has 0 aromatic heterocycles. The van der Waals surface area contributed by atoms with E-state index in [4.69, 9.17) is 23.7 Å². The zero-order valence-corrected chi connectivity index (χ0v) is 30.7. The van der Waals surface area contributed by atoms with Gasteiger partial charge in [0.2, 0.25) is 6.79 Å². The minimum absolute atomic E-state index is 0.0339. The lowest BCUT2D eigenvalue weighted by Gasteiger charge is -2.62. The molecule has 4 bridgehead atoms. The zero-order valence-electron chi connectivity index (χ0n) is 29.9. The standard InChI is InChI=1S/C38H41N3O11S/c1-15-8-19-9-21-36(46)41-22-12-49-37(47)38(20-11-24(48-5)23(43)10-18(20)6-7-39-38)13-53-35(29(41)28(40(21)4)25(19)31(45)30(15)44)27-26(22)34-33(50-14-51-34)16(2)32(27)52-17(3)42/h8,10-11,21-22,28-29,35-36,39,43-46H,6-7,9,12-14H2,1-5H3/t21-,22-,28+,29?,35+,36-,38+/m0/s1. The second-order valence-electron chi connectivity index (χ2n) is 14.7. The molecule has 1 unspecified atom stereocenters. The highest BCUT2D eigenvalue weighted by atomic mass is 32.2. The van der Waals surface area contributed by atoms with Crippen LogP contribution in [0.3, 0.4) is 0 Å². The summed E-state index contributed by atoms with van der Waals surface area (Å²) in [7, 11) is 3.36. The number of methoxy groups -OCH3 is 1. The normalized spacial score (nSPS) is 29.8. The van der Waals surface area contributed by atoms with Gasteiger partial charge in [-0.05, 0) is 68.1 Å². The van der Waals surface area contributed by atoms with Crippen molar-refractivity contribution in [1.82, 2.24) is 15.1 Å². The number of esters is 2. The molecular formula is C38H41N3O11S. The van der Waals surface area contributed by atoms with Crippen molar-refractivity contribution in [3.63, 3.8) is 0 Å². The molecule has 2 saturated heterocycles. The Kier molecular flexibility index (Phi) is 7.81. The number of benzene rings is 3. The maximum absolute atomic E-state index is 14.6. The quantitative estimate of drug-likeness (QED) is 0.147. The molecule has 10 rings (SSSR count). The van der Waals surface area contributed by atoms with Gasteiger partial charge in [0.25, 0.3) is 0 Å². The minimum atomic E-state index is -1.38. The maximum atomic E-state index is 14.6. The number of aliphatic hydroxyl groups is 1. The lowest BCUT2D eigenvalue weighted by atomic mass is 9.73. The molecule has 15 heteroatoms. The molecule has 7 aliphatic rings. The van der Waals surface area contributed by atoms with Gasteiger partial charge in [-0.1, -0.05) is 6.07 Å². The number of nitrogens with zero attached hydrogens (tertiary/aromatic N) is 2. The summed E-state index contributed by atoms with van der Waals surface area (Å²) < 4.78 is 30.0. The molecule has 1 spiro atoms. The third-order valence-electron chi connectivity index (χ3n) is 12.1. The Hall–Kier alpha value is -4.41. The Morgan fingerprint density at radius 2 is 1.81 bits per heavy atom. The predicted molar refractivity (Wildman–Crippen MR) is 190 cm³/mol. The van der Waals surface area contributed by atoms with E-state index in [9.17, 15) is 30.0 Å². The summed E-state index contributed by atoms with van der Waals surface area (Å²) in [4.78, 5) is 31.5. The van der Waals surface area contributed by atoms with Gasteiger partial charge in [-0.2, -0.15) is 0 Å². The van der Waals surface area contributed by atoms with Crippen LogP contribution in [0.5, 0.6) is 40.2 Å². The van der Waals surface area contributed by atoms with E-state index >= 15 is 0 Å². The number of aromatic hydroxyl groups is 3. The zero-order chi connectivity index (χ0) is 37.2. The number of hydrogen-bond donors (Lipinski definition) is 5. The lowest BCUT2D eigenvalue weighted by Crippen LogP contribution is -2.70. The van der Waals surface area contributed by atoms with Crippen molar-refractivity contribution < 1.29 is 53.7 Å². The molecule has 7 aliphatic heterocycles. The first-order valence-corrected chi connectivity index (χ1v) is 18.7.